The molecule has 1 fully saturated rings. The van der Waals surface area contributed by atoms with Crippen LogP contribution in [0.25, 0.3) is 0 Å². The van der Waals surface area contributed by atoms with E-state index >= 15 is 0 Å². The molecule has 1 aromatic rings. The lowest BCUT2D eigenvalue weighted by Crippen LogP contribution is -2.39. The highest BCUT2D eigenvalue weighted by Crippen LogP contribution is 2.56. The van der Waals surface area contributed by atoms with Gasteiger partial charge in [0.1, 0.15) is 0 Å². The largest absolute Gasteiger partial charge is 0.353 e. The van der Waals surface area contributed by atoms with E-state index in [0.29, 0.717) is 19.3 Å². The van der Waals surface area contributed by atoms with E-state index in [9.17, 15) is 14.3 Å². The fraction of sp³-hybridized carbons (Fsp3) is 0.842. The summed E-state index contributed by atoms with van der Waals surface area (Å²) in [5, 5.41) is 10.5. The molecule has 1 aliphatic carbocycles. The summed E-state index contributed by atoms with van der Waals surface area (Å²) in [5.74, 6) is 0.0446. The molecule has 1 amide bonds. The highest BCUT2D eigenvalue weighted by molar-refractivity contribution is 7.54. The van der Waals surface area contributed by atoms with Gasteiger partial charge in [0.15, 0.2) is 0 Å². The third kappa shape index (κ3) is 6.68. The smallest absolute Gasteiger partial charge is 0.333 e. The second-order valence-electron chi connectivity index (χ2n) is 8.97. The van der Waals surface area contributed by atoms with Crippen molar-refractivity contribution in [1.82, 2.24) is 20.3 Å². The van der Waals surface area contributed by atoms with Gasteiger partial charge < -0.3 is 14.7 Å². The zero-order valence-corrected chi connectivity index (χ0v) is 18.6. The van der Waals surface area contributed by atoms with Gasteiger partial charge in [-0.3, -0.25) is 9.36 Å². The number of hydrogen-bond donors (Lipinski definition) is 2. The standard InChI is InChI=1S/C19H35N4O4P/c1-14(2)23-13-16(21-22-23)7-6-8-18(24)20-15-9-11-17(12-10-15)27-28(25,26)19(3,4)5/h13-15,17H,6-12H2,1-5H3,(H,20,24)(H,25,26). The van der Waals surface area contributed by atoms with Crippen molar-refractivity contribution >= 4 is 13.5 Å². The maximum absolute atomic E-state index is 12.3. The van der Waals surface area contributed by atoms with Gasteiger partial charge in [0.25, 0.3) is 0 Å². The second kappa shape index (κ2) is 9.51. The molecule has 8 nitrogen and oxygen atoms in total. The summed E-state index contributed by atoms with van der Waals surface area (Å²) < 4.78 is 19.6. The van der Waals surface area contributed by atoms with Crippen LogP contribution in [0.5, 0.6) is 0 Å². The predicted octanol–water partition coefficient (Wildman–Crippen LogP) is 3.61. The van der Waals surface area contributed by atoms with E-state index in [4.69, 9.17) is 4.52 Å². The molecule has 0 bridgehead atoms. The summed E-state index contributed by atoms with van der Waals surface area (Å²) >= 11 is 0. The topological polar surface area (TPSA) is 106 Å². The van der Waals surface area contributed by atoms with E-state index in [1.165, 1.54) is 0 Å². The Balaban J connectivity index is 1.67. The Bertz CT molecular complexity index is 690. The quantitative estimate of drug-likeness (QED) is 0.630. The van der Waals surface area contributed by atoms with Gasteiger partial charge in [-0.25, -0.2) is 4.68 Å². The molecule has 28 heavy (non-hydrogen) atoms. The van der Waals surface area contributed by atoms with Crippen LogP contribution in [0.2, 0.25) is 0 Å². The fourth-order valence-corrected chi connectivity index (χ4v) is 4.01. The fourth-order valence-electron chi connectivity index (χ4n) is 3.08. The van der Waals surface area contributed by atoms with Gasteiger partial charge >= 0.3 is 7.60 Å². The van der Waals surface area contributed by atoms with Crippen LogP contribution in [0.3, 0.4) is 0 Å². The Kier molecular flexibility index (Phi) is 7.82. The molecule has 0 aromatic carbocycles. The number of aromatic nitrogens is 3. The Morgan fingerprint density at radius 3 is 2.54 bits per heavy atom. The van der Waals surface area contributed by atoms with Crippen molar-refractivity contribution in [2.24, 2.45) is 0 Å². The molecule has 0 spiro atoms. The molecule has 2 N–H and O–H groups in total. The SMILES string of the molecule is CC(C)n1cc(CCCC(=O)NC2CCC(OP(=O)(O)C(C)(C)C)CC2)nn1. The van der Waals surface area contributed by atoms with Crippen molar-refractivity contribution in [2.45, 2.75) is 103 Å². The number of amides is 1. The molecule has 0 radical (unpaired) electrons. The molecule has 1 aromatic heterocycles. The first kappa shape index (κ1) is 23.0. The van der Waals surface area contributed by atoms with E-state index < -0.39 is 12.8 Å². The second-order valence-corrected chi connectivity index (χ2v) is 11.6. The van der Waals surface area contributed by atoms with Crippen molar-refractivity contribution in [1.29, 1.82) is 0 Å². The molecular weight excluding hydrogens is 379 g/mol. The van der Waals surface area contributed by atoms with E-state index in [2.05, 4.69) is 15.6 Å². The Hall–Kier alpha value is -1.24. The minimum Gasteiger partial charge on any atom is -0.353 e. The lowest BCUT2D eigenvalue weighted by atomic mass is 9.93. The van der Waals surface area contributed by atoms with Gasteiger partial charge in [-0.1, -0.05) is 5.21 Å². The lowest BCUT2D eigenvalue weighted by Gasteiger charge is -2.33. The zero-order chi connectivity index (χ0) is 20.9. The molecule has 160 valence electrons. The molecule has 0 saturated heterocycles. The van der Waals surface area contributed by atoms with Crippen molar-refractivity contribution in [3.63, 3.8) is 0 Å². The minimum absolute atomic E-state index is 0.0446. The van der Waals surface area contributed by atoms with Crippen LogP contribution in [-0.2, 0) is 20.3 Å². The van der Waals surface area contributed by atoms with Gasteiger partial charge in [-0.15, -0.1) is 5.10 Å². The van der Waals surface area contributed by atoms with Crippen molar-refractivity contribution in [3.8, 4) is 0 Å². The van der Waals surface area contributed by atoms with E-state index in [0.717, 1.165) is 31.4 Å². The molecular formula is C19H35N4O4P. The monoisotopic (exact) mass is 414 g/mol. The van der Waals surface area contributed by atoms with E-state index in [-0.39, 0.29) is 24.1 Å². The lowest BCUT2D eigenvalue weighted by molar-refractivity contribution is -0.122. The molecule has 0 aliphatic heterocycles. The number of aryl methyl sites for hydroxylation is 1. The summed E-state index contributed by atoms with van der Waals surface area (Å²) in [6, 6.07) is 0.397. The third-order valence-electron chi connectivity index (χ3n) is 5.10. The van der Waals surface area contributed by atoms with Crippen LogP contribution in [0, 0.1) is 0 Å². The molecule has 1 heterocycles. The van der Waals surface area contributed by atoms with Gasteiger partial charge in [0.05, 0.1) is 17.0 Å². The highest BCUT2D eigenvalue weighted by Gasteiger charge is 2.39. The van der Waals surface area contributed by atoms with E-state index in [1.807, 2.05) is 24.7 Å². The number of nitrogens with one attached hydrogen (secondary N) is 1. The van der Waals surface area contributed by atoms with Gasteiger partial charge in [-0.05, 0) is 73.1 Å². The maximum atomic E-state index is 12.3. The zero-order valence-electron chi connectivity index (χ0n) is 17.7. The number of carbonyl (C=O) groups excluding carboxylic acids is 1. The molecule has 1 atom stereocenters. The first-order chi connectivity index (χ1) is 13.0. The van der Waals surface area contributed by atoms with Crippen LogP contribution in [0.4, 0.5) is 0 Å². The first-order valence-corrected chi connectivity index (χ1v) is 11.8. The summed E-state index contributed by atoms with van der Waals surface area (Å²) in [6.45, 7) is 9.23. The predicted molar refractivity (Wildman–Crippen MR) is 108 cm³/mol. The van der Waals surface area contributed by atoms with Gasteiger partial charge in [0, 0.05) is 24.7 Å². The van der Waals surface area contributed by atoms with Crippen LogP contribution >= 0.6 is 7.60 Å². The van der Waals surface area contributed by atoms with Crippen molar-refractivity contribution in [2.75, 3.05) is 0 Å². The summed E-state index contributed by atoms with van der Waals surface area (Å²) in [4.78, 5) is 22.3. The third-order valence-corrected chi connectivity index (χ3v) is 7.38. The normalized spacial score (nSPS) is 22.8. The summed E-state index contributed by atoms with van der Waals surface area (Å²) in [5.41, 5.74) is 0.909. The van der Waals surface area contributed by atoms with Crippen LogP contribution in [-0.4, -0.2) is 43.1 Å². The van der Waals surface area contributed by atoms with Gasteiger partial charge in [-0.2, -0.15) is 0 Å². The number of hydrogen-bond acceptors (Lipinski definition) is 5. The Morgan fingerprint density at radius 2 is 2.00 bits per heavy atom. The average molecular weight is 414 g/mol. The van der Waals surface area contributed by atoms with Crippen LogP contribution in [0.15, 0.2) is 6.20 Å². The molecule has 9 heteroatoms. The van der Waals surface area contributed by atoms with Gasteiger partial charge in [0.2, 0.25) is 5.91 Å². The molecule has 1 saturated carbocycles. The van der Waals surface area contributed by atoms with Crippen molar-refractivity contribution < 1.29 is 18.8 Å². The number of carbonyl (C=O) groups is 1. The van der Waals surface area contributed by atoms with Crippen LogP contribution < -0.4 is 5.32 Å². The first-order valence-electron chi connectivity index (χ1n) is 10.2. The Morgan fingerprint density at radius 1 is 1.36 bits per heavy atom. The number of nitrogens with zero attached hydrogens (tertiary/aromatic N) is 3. The number of rotatable bonds is 8. The van der Waals surface area contributed by atoms with Crippen LogP contribution in [0.1, 0.15) is 84.9 Å². The average Bonchev–Trinajstić information content (AvgIpc) is 3.04. The maximum Gasteiger partial charge on any atom is 0.333 e. The highest BCUT2D eigenvalue weighted by atomic mass is 31.2. The minimum atomic E-state index is -3.64. The molecule has 1 aliphatic rings. The van der Waals surface area contributed by atoms with Crippen molar-refractivity contribution in [3.05, 3.63) is 11.9 Å². The van der Waals surface area contributed by atoms with E-state index in [1.54, 1.807) is 20.8 Å². The summed E-state index contributed by atoms with van der Waals surface area (Å²) in [6.07, 6.45) is 6.55. The Labute approximate surface area is 168 Å². The molecule has 2 rings (SSSR count). The summed E-state index contributed by atoms with van der Waals surface area (Å²) in [7, 11) is -3.64. The molecule has 1 unspecified atom stereocenters.